The van der Waals surface area contributed by atoms with Gasteiger partial charge in [0.15, 0.2) is 0 Å². The van der Waals surface area contributed by atoms with Crippen molar-refractivity contribution in [2.24, 2.45) is 5.10 Å². The highest BCUT2D eigenvalue weighted by molar-refractivity contribution is 7.99. The van der Waals surface area contributed by atoms with Gasteiger partial charge in [0.1, 0.15) is 5.76 Å². The maximum absolute atomic E-state index is 11.5. The lowest BCUT2D eigenvalue weighted by atomic mass is 10.4. The maximum Gasteiger partial charge on any atom is 0.254 e. The average Bonchev–Trinajstić information content (AvgIpc) is 2.83. The molecule has 5 nitrogen and oxygen atoms in total. The molecular weight excluding hydrogens is 238 g/mol. The number of thioether (sulfide) groups is 1. The highest BCUT2D eigenvalue weighted by Gasteiger charge is 2.13. The summed E-state index contributed by atoms with van der Waals surface area (Å²) in [6.07, 6.45) is 3.05. The van der Waals surface area contributed by atoms with Crippen molar-refractivity contribution in [3.63, 3.8) is 0 Å². The van der Waals surface area contributed by atoms with Crippen LogP contribution in [-0.2, 0) is 4.79 Å². The molecule has 1 aliphatic heterocycles. The van der Waals surface area contributed by atoms with Crippen LogP contribution in [0, 0.1) is 0 Å². The highest BCUT2D eigenvalue weighted by atomic mass is 32.2. The Morgan fingerprint density at radius 3 is 3.12 bits per heavy atom. The van der Waals surface area contributed by atoms with E-state index < -0.39 is 0 Å². The molecule has 0 aromatic carbocycles. The molecule has 1 saturated heterocycles. The summed E-state index contributed by atoms with van der Waals surface area (Å²) in [6, 6.07) is 3.55. The molecule has 6 heteroatoms. The summed E-state index contributed by atoms with van der Waals surface area (Å²) >= 11 is 1.93. The summed E-state index contributed by atoms with van der Waals surface area (Å²) < 4.78 is 5.05. The molecule has 0 spiro atoms. The van der Waals surface area contributed by atoms with Gasteiger partial charge in [0.2, 0.25) is 0 Å². The molecule has 2 heterocycles. The first-order valence-corrected chi connectivity index (χ1v) is 6.65. The van der Waals surface area contributed by atoms with Crippen LogP contribution in [0.2, 0.25) is 0 Å². The van der Waals surface area contributed by atoms with Crippen molar-refractivity contribution in [1.82, 2.24) is 10.3 Å². The van der Waals surface area contributed by atoms with Crippen LogP contribution in [0.5, 0.6) is 0 Å². The number of carbonyl (C=O) groups is 1. The molecule has 1 aromatic heterocycles. The van der Waals surface area contributed by atoms with Crippen LogP contribution >= 0.6 is 11.8 Å². The van der Waals surface area contributed by atoms with Gasteiger partial charge in [-0.3, -0.25) is 9.69 Å². The lowest BCUT2D eigenvalue weighted by Gasteiger charge is -2.24. The third-order valence-electron chi connectivity index (χ3n) is 2.40. The zero-order valence-electron chi connectivity index (χ0n) is 9.46. The first-order chi connectivity index (χ1) is 8.34. The van der Waals surface area contributed by atoms with Crippen molar-refractivity contribution in [2.45, 2.75) is 0 Å². The van der Waals surface area contributed by atoms with Crippen LogP contribution in [0.1, 0.15) is 5.76 Å². The number of hydrogen-bond acceptors (Lipinski definition) is 5. The minimum absolute atomic E-state index is 0.0836. The summed E-state index contributed by atoms with van der Waals surface area (Å²) in [5.41, 5.74) is 2.49. The molecule has 92 valence electrons. The first kappa shape index (κ1) is 12.2. The van der Waals surface area contributed by atoms with Crippen molar-refractivity contribution in [2.75, 3.05) is 31.1 Å². The molecule has 0 saturated carbocycles. The molecule has 2 rings (SSSR count). The van der Waals surface area contributed by atoms with E-state index in [0.717, 1.165) is 24.6 Å². The van der Waals surface area contributed by atoms with Gasteiger partial charge < -0.3 is 4.42 Å². The summed E-state index contributed by atoms with van der Waals surface area (Å²) in [4.78, 5) is 13.7. The Labute approximate surface area is 104 Å². The zero-order chi connectivity index (χ0) is 11.9. The number of hydrazone groups is 1. The fraction of sp³-hybridized carbons (Fsp3) is 0.455. The Kier molecular flexibility index (Phi) is 4.63. The van der Waals surface area contributed by atoms with Crippen LogP contribution in [0.4, 0.5) is 0 Å². The molecule has 0 radical (unpaired) electrons. The fourth-order valence-corrected chi connectivity index (χ4v) is 2.51. The van der Waals surface area contributed by atoms with Gasteiger partial charge in [-0.05, 0) is 12.1 Å². The quantitative estimate of drug-likeness (QED) is 0.636. The molecule has 1 amide bonds. The van der Waals surface area contributed by atoms with Crippen molar-refractivity contribution in [1.29, 1.82) is 0 Å². The largest absolute Gasteiger partial charge is 0.463 e. The van der Waals surface area contributed by atoms with Crippen molar-refractivity contribution >= 4 is 23.9 Å². The van der Waals surface area contributed by atoms with Gasteiger partial charge in [0.05, 0.1) is 19.0 Å². The number of carbonyl (C=O) groups excluding carboxylic acids is 1. The lowest BCUT2D eigenvalue weighted by Crippen LogP contribution is -2.40. The summed E-state index contributed by atoms with van der Waals surface area (Å²) in [6.45, 7) is 2.36. The molecule has 17 heavy (non-hydrogen) atoms. The van der Waals surface area contributed by atoms with E-state index in [2.05, 4.69) is 15.4 Å². The number of rotatable bonds is 4. The van der Waals surface area contributed by atoms with E-state index in [4.69, 9.17) is 4.42 Å². The predicted molar refractivity (Wildman–Crippen MR) is 68.2 cm³/mol. The number of nitrogens with one attached hydrogen (secondary N) is 1. The minimum Gasteiger partial charge on any atom is -0.463 e. The first-order valence-electron chi connectivity index (χ1n) is 5.50. The second kappa shape index (κ2) is 6.46. The van der Waals surface area contributed by atoms with Crippen LogP contribution in [0.3, 0.4) is 0 Å². The van der Waals surface area contributed by atoms with E-state index in [-0.39, 0.29) is 5.91 Å². The van der Waals surface area contributed by atoms with Crippen LogP contribution in [-0.4, -0.2) is 48.2 Å². The van der Waals surface area contributed by atoms with E-state index in [1.165, 1.54) is 6.21 Å². The van der Waals surface area contributed by atoms with Gasteiger partial charge in [-0.15, -0.1) is 0 Å². The normalized spacial score (nSPS) is 17.4. The third-order valence-corrected chi connectivity index (χ3v) is 3.34. The van der Waals surface area contributed by atoms with Crippen molar-refractivity contribution in [3.8, 4) is 0 Å². The van der Waals surface area contributed by atoms with E-state index in [9.17, 15) is 4.79 Å². The van der Waals surface area contributed by atoms with Crippen LogP contribution in [0.25, 0.3) is 0 Å². The Morgan fingerprint density at radius 1 is 1.59 bits per heavy atom. The molecule has 1 aromatic rings. The third kappa shape index (κ3) is 4.24. The number of furan rings is 1. The van der Waals surface area contributed by atoms with Crippen molar-refractivity contribution in [3.05, 3.63) is 24.2 Å². The second-order valence-corrected chi connectivity index (χ2v) is 4.92. The molecule has 1 aliphatic rings. The lowest BCUT2D eigenvalue weighted by molar-refractivity contribution is -0.122. The second-order valence-electron chi connectivity index (χ2n) is 3.70. The molecule has 0 unspecified atom stereocenters. The summed E-state index contributed by atoms with van der Waals surface area (Å²) in [5, 5.41) is 3.83. The Balaban J connectivity index is 1.70. The predicted octanol–water partition coefficient (Wildman–Crippen LogP) is 0.778. The Bertz CT molecular complexity index is 372. The van der Waals surface area contributed by atoms with Crippen LogP contribution < -0.4 is 5.43 Å². The molecule has 0 aliphatic carbocycles. The van der Waals surface area contributed by atoms with Crippen molar-refractivity contribution < 1.29 is 9.21 Å². The van der Waals surface area contributed by atoms with Gasteiger partial charge >= 0.3 is 0 Å². The van der Waals surface area contributed by atoms with Gasteiger partial charge in [-0.1, -0.05) is 0 Å². The van der Waals surface area contributed by atoms with E-state index in [1.54, 1.807) is 18.4 Å². The average molecular weight is 253 g/mol. The monoisotopic (exact) mass is 253 g/mol. The van der Waals surface area contributed by atoms with E-state index >= 15 is 0 Å². The maximum atomic E-state index is 11.5. The summed E-state index contributed by atoms with van der Waals surface area (Å²) in [7, 11) is 0. The zero-order valence-corrected chi connectivity index (χ0v) is 10.3. The standard InChI is InChI=1S/C11H15N3O2S/c15-11(9-14-3-6-17-7-4-14)13-12-8-10-2-1-5-16-10/h1-2,5,8H,3-4,6-7,9H2,(H,13,15). The van der Waals surface area contributed by atoms with E-state index in [0.29, 0.717) is 12.3 Å². The highest BCUT2D eigenvalue weighted by Crippen LogP contribution is 2.08. The molecule has 1 fully saturated rings. The van der Waals surface area contributed by atoms with Gasteiger partial charge in [0, 0.05) is 24.6 Å². The Morgan fingerprint density at radius 2 is 2.41 bits per heavy atom. The molecule has 1 N–H and O–H groups in total. The number of amides is 1. The van der Waals surface area contributed by atoms with Crippen LogP contribution in [0.15, 0.2) is 27.9 Å². The SMILES string of the molecule is O=C(CN1CCSCC1)NN=Cc1ccco1. The molecular formula is C11H15N3O2S. The topological polar surface area (TPSA) is 57.8 Å². The number of hydrogen-bond donors (Lipinski definition) is 1. The molecule has 0 atom stereocenters. The van der Waals surface area contributed by atoms with E-state index in [1.807, 2.05) is 11.8 Å². The van der Waals surface area contributed by atoms with Gasteiger partial charge in [-0.2, -0.15) is 16.9 Å². The smallest absolute Gasteiger partial charge is 0.254 e. The minimum atomic E-state index is -0.0836. The summed E-state index contributed by atoms with van der Waals surface area (Å²) in [5.74, 6) is 2.74. The number of nitrogens with zero attached hydrogens (tertiary/aromatic N) is 2. The Hall–Kier alpha value is -1.27. The molecule has 0 bridgehead atoms. The van der Waals surface area contributed by atoms with Gasteiger partial charge in [-0.25, -0.2) is 5.43 Å². The fourth-order valence-electron chi connectivity index (χ4n) is 1.53. The van der Waals surface area contributed by atoms with Gasteiger partial charge in [0.25, 0.3) is 5.91 Å².